The van der Waals surface area contributed by atoms with Crippen molar-refractivity contribution in [3.05, 3.63) is 40.7 Å². The number of amides is 2. The van der Waals surface area contributed by atoms with Gasteiger partial charge in [-0.2, -0.15) is 0 Å². The fourth-order valence-corrected chi connectivity index (χ4v) is 4.50. The maximum atomic E-state index is 13.3. The highest BCUT2D eigenvalue weighted by atomic mass is 35.5. The van der Waals surface area contributed by atoms with E-state index < -0.39 is 5.82 Å². The number of rotatable bonds is 6. The Morgan fingerprint density at radius 2 is 2.06 bits per heavy atom. The summed E-state index contributed by atoms with van der Waals surface area (Å²) in [5.41, 5.74) is 0.643. The lowest BCUT2D eigenvalue weighted by Gasteiger charge is -2.34. The fourth-order valence-electron chi connectivity index (χ4n) is 4.31. The second-order valence-corrected chi connectivity index (χ2v) is 8.98. The molecule has 2 atom stereocenters. The Hall–Kier alpha value is -1.96. The number of benzene rings is 1. The molecule has 2 aliphatic rings. The first-order valence-corrected chi connectivity index (χ1v) is 11.3. The quantitative estimate of drug-likeness (QED) is 0.675. The summed E-state index contributed by atoms with van der Waals surface area (Å²) < 4.78 is 13.3. The SMILES string of the molecule is C[C@@H]1C[C@H](O)CN(CCCN2CCN(C(=O)/C=C/c3ccc(F)c(Cl)c3)CCC2=O)C1. The highest BCUT2D eigenvalue weighted by Gasteiger charge is 2.25. The van der Waals surface area contributed by atoms with Crippen molar-refractivity contribution >= 4 is 29.5 Å². The van der Waals surface area contributed by atoms with Crippen LogP contribution in [0.1, 0.15) is 31.7 Å². The number of nitrogens with zero attached hydrogens (tertiary/aromatic N) is 3. The molecule has 2 saturated heterocycles. The average Bonchev–Trinajstić information content (AvgIpc) is 2.90. The van der Waals surface area contributed by atoms with E-state index in [9.17, 15) is 19.1 Å². The third-order valence-electron chi connectivity index (χ3n) is 5.88. The van der Waals surface area contributed by atoms with Gasteiger partial charge in [0.05, 0.1) is 11.1 Å². The number of hydrogen-bond donors (Lipinski definition) is 1. The molecular formula is C23H31ClFN3O3. The molecule has 2 fully saturated rings. The molecule has 0 aliphatic carbocycles. The first-order valence-electron chi connectivity index (χ1n) is 10.9. The molecule has 1 N–H and O–H groups in total. The van der Waals surface area contributed by atoms with Gasteiger partial charge in [0, 0.05) is 51.8 Å². The van der Waals surface area contributed by atoms with Gasteiger partial charge in [0.2, 0.25) is 11.8 Å². The Kier molecular flexibility index (Phi) is 8.46. The Labute approximate surface area is 188 Å². The van der Waals surface area contributed by atoms with E-state index in [1.54, 1.807) is 17.0 Å². The molecule has 0 bridgehead atoms. The lowest BCUT2D eigenvalue weighted by atomic mass is 9.98. The third-order valence-corrected chi connectivity index (χ3v) is 6.17. The summed E-state index contributed by atoms with van der Waals surface area (Å²) in [5, 5.41) is 9.94. The monoisotopic (exact) mass is 451 g/mol. The molecule has 2 aliphatic heterocycles. The molecule has 0 radical (unpaired) electrons. The molecular weight excluding hydrogens is 421 g/mol. The zero-order chi connectivity index (χ0) is 22.4. The minimum atomic E-state index is -0.498. The number of aliphatic hydroxyl groups is 1. The van der Waals surface area contributed by atoms with E-state index in [0.717, 1.165) is 25.9 Å². The van der Waals surface area contributed by atoms with Gasteiger partial charge in [0.15, 0.2) is 0 Å². The van der Waals surface area contributed by atoms with Crippen LogP contribution in [0.3, 0.4) is 0 Å². The average molecular weight is 452 g/mol. The maximum absolute atomic E-state index is 13.3. The van der Waals surface area contributed by atoms with E-state index in [-0.39, 0.29) is 22.9 Å². The predicted octanol–water partition coefficient (Wildman–Crippen LogP) is 2.65. The molecule has 0 spiro atoms. The molecule has 2 amide bonds. The van der Waals surface area contributed by atoms with Crippen molar-refractivity contribution in [1.29, 1.82) is 0 Å². The van der Waals surface area contributed by atoms with Gasteiger partial charge >= 0.3 is 0 Å². The van der Waals surface area contributed by atoms with Gasteiger partial charge in [-0.05, 0) is 49.1 Å². The molecule has 0 aromatic heterocycles. The lowest BCUT2D eigenvalue weighted by molar-refractivity contribution is -0.130. The predicted molar refractivity (Wildman–Crippen MR) is 119 cm³/mol. The van der Waals surface area contributed by atoms with E-state index in [2.05, 4.69) is 11.8 Å². The Morgan fingerprint density at radius 1 is 1.26 bits per heavy atom. The van der Waals surface area contributed by atoms with Gasteiger partial charge in [-0.15, -0.1) is 0 Å². The summed E-state index contributed by atoms with van der Waals surface area (Å²) in [7, 11) is 0. The number of carbonyl (C=O) groups excluding carboxylic acids is 2. The molecule has 31 heavy (non-hydrogen) atoms. The second kappa shape index (κ2) is 11.1. The summed E-state index contributed by atoms with van der Waals surface area (Å²) in [6.07, 6.45) is 4.79. The summed E-state index contributed by atoms with van der Waals surface area (Å²) >= 11 is 5.77. The third kappa shape index (κ3) is 7.02. The minimum absolute atomic E-state index is 0.0131. The number of carbonyl (C=O) groups is 2. The van der Waals surface area contributed by atoms with Crippen LogP contribution in [0.5, 0.6) is 0 Å². The lowest BCUT2D eigenvalue weighted by Crippen LogP contribution is -2.43. The standard InChI is InChI=1S/C23H31ClFN3O3/c1-17-13-19(29)16-26(15-17)8-2-9-27-11-12-28(10-7-23(27)31)22(30)6-4-18-3-5-21(25)20(24)14-18/h3-6,14,17,19,29H,2,7-13,15-16H2,1H3/b6-4+/t17-,19+/m1/s1. The van der Waals surface area contributed by atoms with Crippen LogP contribution in [0.15, 0.2) is 24.3 Å². The Balaban J connectivity index is 1.46. The molecule has 170 valence electrons. The van der Waals surface area contributed by atoms with E-state index in [1.807, 2.05) is 4.90 Å². The summed E-state index contributed by atoms with van der Waals surface area (Å²) in [6, 6.07) is 4.29. The number of likely N-dealkylation sites (tertiary alicyclic amines) is 1. The number of aliphatic hydroxyl groups excluding tert-OH is 1. The van der Waals surface area contributed by atoms with E-state index in [1.165, 1.54) is 18.2 Å². The topological polar surface area (TPSA) is 64.1 Å². The van der Waals surface area contributed by atoms with Gasteiger partial charge in [-0.25, -0.2) is 4.39 Å². The molecule has 8 heteroatoms. The zero-order valence-corrected chi connectivity index (χ0v) is 18.7. The number of hydrogen-bond acceptors (Lipinski definition) is 4. The fraction of sp³-hybridized carbons (Fsp3) is 0.565. The van der Waals surface area contributed by atoms with Crippen molar-refractivity contribution in [2.45, 2.75) is 32.3 Å². The van der Waals surface area contributed by atoms with Gasteiger partial charge in [-0.1, -0.05) is 24.6 Å². The first kappa shape index (κ1) is 23.7. The van der Waals surface area contributed by atoms with Crippen LogP contribution < -0.4 is 0 Å². The molecule has 2 heterocycles. The normalized spacial score (nSPS) is 23.4. The van der Waals surface area contributed by atoms with Crippen molar-refractivity contribution in [3.63, 3.8) is 0 Å². The minimum Gasteiger partial charge on any atom is -0.392 e. The smallest absolute Gasteiger partial charge is 0.246 e. The molecule has 3 rings (SSSR count). The zero-order valence-electron chi connectivity index (χ0n) is 18.0. The number of piperidine rings is 1. The Morgan fingerprint density at radius 3 is 2.81 bits per heavy atom. The van der Waals surface area contributed by atoms with E-state index >= 15 is 0 Å². The highest BCUT2D eigenvalue weighted by molar-refractivity contribution is 6.30. The molecule has 0 unspecified atom stereocenters. The van der Waals surface area contributed by atoms with Crippen LogP contribution in [0, 0.1) is 11.7 Å². The maximum Gasteiger partial charge on any atom is 0.246 e. The number of halogens is 2. The van der Waals surface area contributed by atoms with E-state index in [4.69, 9.17) is 11.6 Å². The van der Waals surface area contributed by atoms with Gasteiger partial charge in [0.1, 0.15) is 5.82 Å². The van der Waals surface area contributed by atoms with Crippen molar-refractivity contribution in [1.82, 2.24) is 14.7 Å². The van der Waals surface area contributed by atoms with Gasteiger partial charge < -0.3 is 19.8 Å². The highest BCUT2D eigenvalue weighted by Crippen LogP contribution is 2.18. The van der Waals surface area contributed by atoms with Crippen LogP contribution in [0.25, 0.3) is 6.08 Å². The first-order chi connectivity index (χ1) is 14.8. The summed E-state index contributed by atoms with van der Waals surface area (Å²) in [5.74, 6) is -0.118. The van der Waals surface area contributed by atoms with Crippen LogP contribution in [-0.4, -0.2) is 83.5 Å². The largest absolute Gasteiger partial charge is 0.392 e. The van der Waals surface area contributed by atoms with Crippen LogP contribution >= 0.6 is 11.6 Å². The van der Waals surface area contributed by atoms with Crippen molar-refractivity contribution < 1.29 is 19.1 Å². The molecule has 1 aromatic rings. The number of β-amino-alcohol motifs (C(OH)–C–C–N with tert-alkyl or cyclic N) is 1. The van der Waals surface area contributed by atoms with Gasteiger partial charge in [0.25, 0.3) is 0 Å². The molecule has 1 aromatic carbocycles. The van der Waals surface area contributed by atoms with Crippen molar-refractivity contribution in [2.24, 2.45) is 5.92 Å². The van der Waals surface area contributed by atoms with Crippen LogP contribution in [0.2, 0.25) is 5.02 Å². The summed E-state index contributed by atoms with van der Waals surface area (Å²) in [6.45, 7) is 6.74. The van der Waals surface area contributed by atoms with Crippen LogP contribution in [-0.2, 0) is 9.59 Å². The van der Waals surface area contributed by atoms with E-state index in [0.29, 0.717) is 50.6 Å². The molecule has 0 saturated carbocycles. The van der Waals surface area contributed by atoms with Crippen molar-refractivity contribution in [3.8, 4) is 0 Å². The van der Waals surface area contributed by atoms with Gasteiger partial charge in [-0.3, -0.25) is 9.59 Å². The van der Waals surface area contributed by atoms with Crippen LogP contribution in [0.4, 0.5) is 4.39 Å². The second-order valence-electron chi connectivity index (χ2n) is 8.57. The summed E-state index contributed by atoms with van der Waals surface area (Å²) in [4.78, 5) is 30.8. The van der Waals surface area contributed by atoms with Crippen molar-refractivity contribution in [2.75, 3.05) is 45.8 Å². The molecule has 6 nitrogen and oxygen atoms in total. The Bertz CT molecular complexity index is 809.